The van der Waals surface area contributed by atoms with E-state index in [4.69, 9.17) is 4.74 Å². The Bertz CT molecular complexity index is 607. The Morgan fingerprint density at radius 2 is 2.30 bits per heavy atom. The fourth-order valence-electron chi connectivity index (χ4n) is 1.85. The Morgan fingerprint density at radius 1 is 1.50 bits per heavy atom. The minimum atomic E-state index is -0.230. The summed E-state index contributed by atoms with van der Waals surface area (Å²) in [7, 11) is 3.31. The van der Waals surface area contributed by atoms with Gasteiger partial charge in [0.2, 0.25) is 0 Å². The maximum atomic E-state index is 11.9. The number of amides is 1. The number of aromatic hydroxyl groups is 1. The molecular formula is C14H17N3O3. The summed E-state index contributed by atoms with van der Waals surface area (Å²) in [6, 6.07) is 4.56. The molecule has 0 aliphatic carbocycles. The molecule has 2 rings (SSSR count). The van der Waals surface area contributed by atoms with Crippen LogP contribution in [0.25, 0.3) is 0 Å². The van der Waals surface area contributed by atoms with Gasteiger partial charge in [0, 0.05) is 25.4 Å². The van der Waals surface area contributed by atoms with E-state index in [1.165, 1.54) is 13.2 Å². The molecular weight excluding hydrogens is 258 g/mol. The van der Waals surface area contributed by atoms with Crippen molar-refractivity contribution in [2.45, 2.75) is 6.42 Å². The highest BCUT2D eigenvalue weighted by atomic mass is 16.5. The van der Waals surface area contributed by atoms with Crippen molar-refractivity contribution < 1.29 is 14.6 Å². The molecule has 0 bridgehead atoms. The Labute approximate surface area is 117 Å². The molecule has 0 atom stereocenters. The summed E-state index contributed by atoms with van der Waals surface area (Å²) in [5.41, 5.74) is 1.46. The molecule has 1 aromatic heterocycles. The smallest absolute Gasteiger partial charge is 0.251 e. The van der Waals surface area contributed by atoms with Crippen molar-refractivity contribution in [2.75, 3.05) is 13.7 Å². The number of ether oxygens (including phenoxy) is 1. The van der Waals surface area contributed by atoms with Gasteiger partial charge in [0.15, 0.2) is 11.5 Å². The highest BCUT2D eigenvalue weighted by Crippen LogP contribution is 2.25. The summed E-state index contributed by atoms with van der Waals surface area (Å²) in [6.07, 6.45) is 4.39. The van der Waals surface area contributed by atoms with E-state index in [1.54, 1.807) is 23.0 Å². The number of aryl methyl sites for hydroxylation is 1. The van der Waals surface area contributed by atoms with Crippen molar-refractivity contribution in [2.24, 2.45) is 7.05 Å². The molecule has 0 fully saturated rings. The van der Waals surface area contributed by atoms with E-state index < -0.39 is 0 Å². The molecule has 0 aliphatic rings. The summed E-state index contributed by atoms with van der Waals surface area (Å²) in [5, 5.41) is 16.5. The average Bonchev–Trinajstić information content (AvgIpc) is 2.84. The van der Waals surface area contributed by atoms with E-state index in [0.717, 1.165) is 5.56 Å². The van der Waals surface area contributed by atoms with Crippen LogP contribution in [0.5, 0.6) is 11.5 Å². The maximum absolute atomic E-state index is 11.9. The molecule has 0 spiro atoms. The Kier molecular flexibility index (Phi) is 4.24. The summed E-state index contributed by atoms with van der Waals surface area (Å²) >= 11 is 0. The lowest BCUT2D eigenvalue weighted by molar-refractivity contribution is 0.0953. The molecule has 2 aromatic rings. The van der Waals surface area contributed by atoms with Crippen molar-refractivity contribution in [3.05, 3.63) is 41.7 Å². The average molecular weight is 275 g/mol. The first-order chi connectivity index (χ1) is 9.60. The number of carbonyl (C=O) groups excluding carboxylic acids is 1. The topological polar surface area (TPSA) is 76.4 Å². The number of carbonyl (C=O) groups is 1. The summed E-state index contributed by atoms with van der Waals surface area (Å²) in [5.74, 6) is 0.0659. The van der Waals surface area contributed by atoms with Crippen molar-refractivity contribution in [1.82, 2.24) is 15.1 Å². The predicted molar refractivity (Wildman–Crippen MR) is 73.9 cm³/mol. The number of rotatable bonds is 5. The van der Waals surface area contributed by atoms with Gasteiger partial charge in [-0.3, -0.25) is 9.48 Å². The van der Waals surface area contributed by atoms with Crippen molar-refractivity contribution >= 4 is 5.91 Å². The summed E-state index contributed by atoms with van der Waals surface area (Å²) in [6.45, 7) is 0.511. The second kappa shape index (κ2) is 6.10. The van der Waals surface area contributed by atoms with Gasteiger partial charge in [-0.1, -0.05) is 0 Å². The third-order valence-corrected chi connectivity index (χ3v) is 2.90. The number of nitrogens with zero attached hydrogens (tertiary/aromatic N) is 2. The molecule has 106 valence electrons. The molecule has 0 saturated heterocycles. The van der Waals surface area contributed by atoms with Gasteiger partial charge in [-0.05, 0) is 30.2 Å². The van der Waals surface area contributed by atoms with Gasteiger partial charge in [-0.15, -0.1) is 0 Å². The van der Waals surface area contributed by atoms with Crippen LogP contribution >= 0.6 is 0 Å². The third kappa shape index (κ3) is 3.28. The number of benzene rings is 1. The molecule has 1 heterocycles. The van der Waals surface area contributed by atoms with Crippen LogP contribution in [-0.4, -0.2) is 34.4 Å². The fourth-order valence-corrected chi connectivity index (χ4v) is 1.85. The molecule has 0 aliphatic heterocycles. The van der Waals surface area contributed by atoms with Gasteiger partial charge >= 0.3 is 0 Å². The molecule has 1 amide bonds. The van der Waals surface area contributed by atoms with Crippen LogP contribution < -0.4 is 10.1 Å². The van der Waals surface area contributed by atoms with E-state index in [9.17, 15) is 9.90 Å². The zero-order chi connectivity index (χ0) is 14.5. The zero-order valence-corrected chi connectivity index (χ0v) is 11.5. The molecule has 0 radical (unpaired) electrons. The van der Waals surface area contributed by atoms with Crippen LogP contribution in [0.1, 0.15) is 15.9 Å². The Morgan fingerprint density at radius 3 is 2.90 bits per heavy atom. The van der Waals surface area contributed by atoms with Crippen molar-refractivity contribution in [3.63, 3.8) is 0 Å². The van der Waals surface area contributed by atoms with Crippen LogP contribution in [-0.2, 0) is 13.5 Å². The number of methoxy groups -OCH3 is 1. The van der Waals surface area contributed by atoms with Gasteiger partial charge in [-0.25, -0.2) is 0 Å². The largest absolute Gasteiger partial charge is 0.504 e. The van der Waals surface area contributed by atoms with Crippen LogP contribution in [0.15, 0.2) is 30.6 Å². The normalized spacial score (nSPS) is 10.3. The number of hydrogen-bond donors (Lipinski definition) is 2. The first kappa shape index (κ1) is 13.9. The van der Waals surface area contributed by atoms with Gasteiger partial charge in [0.25, 0.3) is 5.91 Å². The highest BCUT2D eigenvalue weighted by Gasteiger charge is 2.09. The third-order valence-electron chi connectivity index (χ3n) is 2.90. The molecule has 0 saturated carbocycles. The Hall–Kier alpha value is -2.50. The van der Waals surface area contributed by atoms with Crippen LogP contribution in [0.4, 0.5) is 0 Å². The van der Waals surface area contributed by atoms with E-state index >= 15 is 0 Å². The van der Waals surface area contributed by atoms with E-state index in [1.807, 2.05) is 13.2 Å². The molecule has 2 N–H and O–H groups in total. The SMILES string of the molecule is COc1ccc(C(=O)NCCc2cnn(C)c2)cc1O. The summed E-state index contributed by atoms with van der Waals surface area (Å²) in [4.78, 5) is 11.9. The standard InChI is InChI=1S/C14H17N3O3/c1-17-9-10(8-16-17)5-6-15-14(19)11-3-4-13(20-2)12(18)7-11/h3-4,7-9,18H,5-6H2,1-2H3,(H,15,19). The maximum Gasteiger partial charge on any atom is 0.251 e. The van der Waals surface area contributed by atoms with E-state index in [2.05, 4.69) is 10.4 Å². The van der Waals surface area contributed by atoms with E-state index in [0.29, 0.717) is 24.3 Å². The van der Waals surface area contributed by atoms with Crippen LogP contribution in [0, 0.1) is 0 Å². The number of aromatic nitrogens is 2. The van der Waals surface area contributed by atoms with Gasteiger partial charge in [0.05, 0.1) is 13.3 Å². The van der Waals surface area contributed by atoms with Crippen molar-refractivity contribution in [1.29, 1.82) is 0 Å². The number of phenolic OH excluding ortho intramolecular Hbond substituents is 1. The minimum Gasteiger partial charge on any atom is -0.504 e. The number of hydrogen-bond acceptors (Lipinski definition) is 4. The van der Waals surface area contributed by atoms with Gasteiger partial charge < -0.3 is 15.2 Å². The second-order valence-corrected chi connectivity index (χ2v) is 4.41. The first-order valence-corrected chi connectivity index (χ1v) is 6.23. The Balaban J connectivity index is 1.90. The zero-order valence-electron chi connectivity index (χ0n) is 11.5. The lowest BCUT2D eigenvalue weighted by atomic mass is 10.2. The second-order valence-electron chi connectivity index (χ2n) is 4.41. The fraction of sp³-hybridized carbons (Fsp3) is 0.286. The lowest BCUT2D eigenvalue weighted by Gasteiger charge is -2.07. The predicted octanol–water partition coefficient (Wildman–Crippen LogP) is 1.11. The highest BCUT2D eigenvalue weighted by molar-refractivity contribution is 5.94. The minimum absolute atomic E-state index is 0.0487. The first-order valence-electron chi connectivity index (χ1n) is 6.23. The lowest BCUT2D eigenvalue weighted by Crippen LogP contribution is -2.25. The number of phenols is 1. The molecule has 0 unspecified atom stereocenters. The quantitative estimate of drug-likeness (QED) is 0.857. The molecule has 6 nitrogen and oxygen atoms in total. The van der Waals surface area contributed by atoms with E-state index in [-0.39, 0.29) is 11.7 Å². The monoisotopic (exact) mass is 275 g/mol. The molecule has 20 heavy (non-hydrogen) atoms. The van der Waals surface area contributed by atoms with Gasteiger partial charge in [0.1, 0.15) is 0 Å². The number of nitrogens with one attached hydrogen (secondary N) is 1. The van der Waals surface area contributed by atoms with Crippen LogP contribution in [0.3, 0.4) is 0 Å². The summed E-state index contributed by atoms with van der Waals surface area (Å²) < 4.78 is 6.65. The van der Waals surface area contributed by atoms with Gasteiger partial charge in [-0.2, -0.15) is 5.10 Å². The van der Waals surface area contributed by atoms with Crippen molar-refractivity contribution in [3.8, 4) is 11.5 Å². The molecule has 6 heteroatoms. The van der Waals surface area contributed by atoms with Crippen LogP contribution in [0.2, 0.25) is 0 Å². The molecule has 1 aromatic carbocycles.